The molecular weight excluding hydrogens is 395 g/mol. The van der Waals surface area contributed by atoms with E-state index in [-0.39, 0.29) is 11.7 Å². The predicted octanol–water partition coefficient (Wildman–Crippen LogP) is 5.69. The zero-order valence-electron chi connectivity index (χ0n) is 15.9. The number of rotatable bonds is 6. The van der Waals surface area contributed by atoms with Gasteiger partial charge in [0.2, 0.25) is 0 Å². The molecule has 0 unspecified atom stereocenters. The summed E-state index contributed by atoms with van der Waals surface area (Å²) < 4.78 is 0. The number of nitrogens with zero attached hydrogens (tertiary/aromatic N) is 1. The number of hydrogen-bond acceptors (Lipinski definition) is 3. The van der Waals surface area contributed by atoms with Crippen molar-refractivity contribution in [3.05, 3.63) is 63.6 Å². The monoisotopic (exact) mass is 418 g/mol. The minimum atomic E-state index is -0.00282. The Bertz CT molecular complexity index is 852. The van der Waals surface area contributed by atoms with Crippen molar-refractivity contribution >= 4 is 40.6 Å². The van der Waals surface area contributed by atoms with Crippen LogP contribution in [0, 0.1) is 0 Å². The molecule has 1 heterocycles. The Labute approximate surface area is 175 Å². The molecule has 1 saturated heterocycles. The number of ketones is 1. The first-order chi connectivity index (χ1) is 13.5. The molecule has 28 heavy (non-hydrogen) atoms. The van der Waals surface area contributed by atoms with Crippen molar-refractivity contribution in [2.24, 2.45) is 0 Å². The molecule has 0 bridgehead atoms. The van der Waals surface area contributed by atoms with E-state index < -0.39 is 0 Å². The van der Waals surface area contributed by atoms with Crippen LogP contribution in [0.1, 0.15) is 53.3 Å². The summed E-state index contributed by atoms with van der Waals surface area (Å²) in [6.45, 7) is 3.43. The summed E-state index contributed by atoms with van der Waals surface area (Å²) >= 11 is 11.8. The predicted molar refractivity (Wildman–Crippen MR) is 115 cm³/mol. The molecule has 2 aromatic rings. The summed E-state index contributed by atoms with van der Waals surface area (Å²) in [5.74, 6) is 0.0884. The third-order valence-corrected chi connectivity index (χ3v) is 5.86. The molecule has 0 aliphatic carbocycles. The molecule has 4 nitrogen and oxygen atoms in total. The molecule has 2 aromatic carbocycles. The summed E-state index contributed by atoms with van der Waals surface area (Å²) in [7, 11) is 0. The van der Waals surface area contributed by atoms with Crippen LogP contribution in [0.15, 0.2) is 42.5 Å². The number of carbonyl (C=O) groups is 2. The fraction of sp³-hybridized carbons (Fsp3) is 0.364. The maximum atomic E-state index is 12.7. The van der Waals surface area contributed by atoms with E-state index in [1.165, 1.54) is 6.42 Å². The van der Waals surface area contributed by atoms with Gasteiger partial charge in [0.1, 0.15) is 0 Å². The Morgan fingerprint density at radius 2 is 1.75 bits per heavy atom. The molecule has 0 spiro atoms. The van der Waals surface area contributed by atoms with Crippen LogP contribution in [-0.4, -0.2) is 35.7 Å². The van der Waals surface area contributed by atoms with E-state index in [9.17, 15) is 9.59 Å². The Morgan fingerprint density at radius 1 is 1.04 bits per heavy atom. The molecule has 1 atom stereocenters. The van der Waals surface area contributed by atoms with Crippen molar-refractivity contribution in [3.63, 3.8) is 0 Å². The van der Waals surface area contributed by atoms with Gasteiger partial charge in [0, 0.05) is 42.4 Å². The Balaban J connectivity index is 1.52. The van der Waals surface area contributed by atoms with Gasteiger partial charge in [-0.3, -0.25) is 9.59 Å². The molecule has 1 amide bonds. The summed E-state index contributed by atoms with van der Waals surface area (Å²) in [5.41, 5.74) is 2.13. The highest BCUT2D eigenvalue weighted by atomic mass is 35.5. The van der Waals surface area contributed by atoms with Crippen LogP contribution in [0.3, 0.4) is 0 Å². The summed E-state index contributed by atoms with van der Waals surface area (Å²) in [4.78, 5) is 26.9. The van der Waals surface area contributed by atoms with Crippen LogP contribution in [0.25, 0.3) is 0 Å². The van der Waals surface area contributed by atoms with Crippen molar-refractivity contribution in [1.29, 1.82) is 0 Å². The molecular formula is C22H24Cl2N2O2. The van der Waals surface area contributed by atoms with E-state index in [0.29, 0.717) is 40.2 Å². The number of carbonyl (C=O) groups excluding carboxylic acids is 2. The number of piperidine rings is 1. The van der Waals surface area contributed by atoms with Gasteiger partial charge in [-0.05, 0) is 68.7 Å². The molecule has 1 fully saturated rings. The maximum Gasteiger partial charge on any atom is 0.254 e. The molecule has 148 valence electrons. The highest BCUT2D eigenvalue weighted by Crippen LogP contribution is 2.23. The maximum absolute atomic E-state index is 12.7. The molecule has 1 N–H and O–H groups in total. The summed E-state index contributed by atoms with van der Waals surface area (Å²) in [6.07, 6.45) is 3.67. The molecule has 0 radical (unpaired) electrons. The minimum Gasteiger partial charge on any atom is -0.385 e. The number of halogens is 2. The third-order valence-electron chi connectivity index (χ3n) is 5.12. The SMILES string of the molecule is C[C@H]1CCCCN1C(=O)c1ccc(NCCC(=O)c2ccc(Cl)c(Cl)c2)cc1. The lowest BCUT2D eigenvalue weighted by molar-refractivity contribution is 0.0635. The molecule has 6 heteroatoms. The average Bonchev–Trinajstić information content (AvgIpc) is 2.70. The van der Waals surface area contributed by atoms with Crippen LogP contribution in [0.5, 0.6) is 0 Å². The lowest BCUT2D eigenvalue weighted by atomic mass is 10.0. The fourth-order valence-corrected chi connectivity index (χ4v) is 3.73. The smallest absolute Gasteiger partial charge is 0.254 e. The molecule has 1 aliphatic rings. The third kappa shape index (κ3) is 5.06. The Kier molecular flexibility index (Phi) is 6.97. The van der Waals surface area contributed by atoms with E-state index in [1.54, 1.807) is 18.2 Å². The number of nitrogens with one attached hydrogen (secondary N) is 1. The Morgan fingerprint density at radius 3 is 2.43 bits per heavy atom. The van der Waals surface area contributed by atoms with Gasteiger partial charge in [-0.2, -0.15) is 0 Å². The summed E-state index contributed by atoms with van der Waals surface area (Å²) in [6, 6.07) is 12.6. The van der Waals surface area contributed by atoms with Crippen LogP contribution in [-0.2, 0) is 0 Å². The molecule has 3 rings (SSSR count). The van der Waals surface area contributed by atoms with Gasteiger partial charge >= 0.3 is 0 Å². The molecule has 0 aromatic heterocycles. The quantitative estimate of drug-likeness (QED) is 0.612. The van der Waals surface area contributed by atoms with Crippen LogP contribution in [0.4, 0.5) is 5.69 Å². The standard InChI is InChI=1S/C22H24Cl2N2O2/c1-15-4-2-3-13-26(15)22(28)16-5-8-18(9-6-16)25-12-11-21(27)17-7-10-19(23)20(24)14-17/h5-10,14-15,25H,2-4,11-13H2,1H3/t15-/m0/s1. The Hall–Kier alpha value is -2.04. The van der Waals surface area contributed by atoms with Gasteiger partial charge in [-0.1, -0.05) is 23.2 Å². The van der Waals surface area contributed by atoms with Crippen molar-refractivity contribution < 1.29 is 9.59 Å². The van der Waals surface area contributed by atoms with Crippen LogP contribution in [0.2, 0.25) is 10.0 Å². The van der Waals surface area contributed by atoms with Crippen molar-refractivity contribution in [2.75, 3.05) is 18.4 Å². The number of amides is 1. The van der Waals surface area contributed by atoms with E-state index in [0.717, 1.165) is 25.1 Å². The molecule has 1 aliphatic heterocycles. The molecule has 0 saturated carbocycles. The zero-order chi connectivity index (χ0) is 20.1. The van der Waals surface area contributed by atoms with Gasteiger partial charge in [-0.25, -0.2) is 0 Å². The first-order valence-corrected chi connectivity index (χ1v) is 10.3. The number of Topliss-reactive ketones (excluding diaryl/α,β-unsaturated/α-hetero) is 1. The summed E-state index contributed by atoms with van der Waals surface area (Å²) in [5, 5.41) is 4.03. The van der Waals surface area contributed by atoms with Gasteiger partial charge in [-0.15, -0.1) is 0 Å². The van der Waals surface area contributed by atoms with E-state index in [1.807, 2.05) is 29.2 Å². The minimum absolute atomic E-state index is 0.00282. The van der Waals surface area contributed by atoms with Gasteiger partial charge in [0.15, 0.2) is 5.78 Å². The highest BCUT2D eigenvalue weighted by molar-refractivity contribution is 6.42. The van der Waals surface area contributed by atoms with Crippen molar-refractivity contribution in [1.82, 2.24) is 4.90 Å². The van der Waals surface area contributed by atoms with E-state index in [4.69, 9.17) is 23.2 Å². The normalized spacial score (nSPS) is 16.7. The van der Waals surface area contributed by atoms with Gasteiger partial charge in [0.25, 0.3) is 5.91 Å². The first-order valence-electron chi connectivity index (χ1n) is 9.59. The van der Waals surface area contributed by atoms with Gasteiger partial charge < -0.3 is 10.2 Å². The van der Waals surface area contributed by atoms with Crippen molar-refractivity contribution in [3.8, 4) is 0 Å². The fourth-order valence-electron chi connectivity index (χ4n) is 3.43. The van der Waals surface area contributed by atoms with E-state index in [2.05, 4.69) is 12.2 Å². The van der Waals surface area contributed by atoms with Crippen LogP contribution < -0.4 is 5.32 Å². The number of hydrogen-bond donors (Lipinski definition) is 1. The van der Waals surface area contributed by atoms with Gasteiger partial charge in [0.05, 0.1) is 10.0 Å². The lowest BCUT2D eigenvalue weighted by Gasteiger charge is -2.33. The second-order valence-electron chi connectivity index (χ2n) is 7.15. The number of anilines is 1. The average molecular weight is 419 g/mol. The van der Waals surface area contributed by atoms with E-state index >= 15 is 0 Å². The zero-order valence-corrected chi connectivity index (χ0v) is 17.4. The topological polar surface area (TPSA) is 49.4 Å². The number of likely N-dealkylation sites (tertiary alicyclic amines) is 1. The first kappa shape index (κ1) is 20.7. The lowest BCUT2D eigenvalue weighted by Crippen LogP contribution is -2.41. The largest absolute Gasteiger partial charge is 0.385 e. The second-order valence-corrected chi connectivity index (χ2v) is 7.96. The van der Waals surface area contributed by atoms with Crippen molar-refractivity contribution in [2.45, 2.75) is 38.6 Å². The highest BCUT2D eigenvalue weighted by Gasteiger charge is 2.23. The second kappa shape index (κ2) is 9.44. The number of benzene rings is 2. The van der Waals surface area contributed by atoms with Crippen LogP contribution >= 0.6 is 23.2 Å².